The second-order valence-corrected chi connectivity index (χ2v) is 5.99. The third kappa shape index (κ3) is 2.74. The fourth-order valence-electron chi connectivity index (χ4n) is 1.73. The van der Waals surface area contributed by atoms with Crippen LogP contribution in [-0.4, -0.2) is 24.7 Å². The minimum absolute atomic E-state index is 0.206. The maximum Gasteiger partial charge on any atom is 0.396 e. The molecule has 0 bridgehead atoms. The molecule has 0 spiro atoms. The molecule has 0 unspecified atom stereocenters. The van der Waals surface area contributed by atoms with E-state index in [1.807, 2.05) is 24.3 Å². The van der Waals surface area contributed by atoms with Gasteiger partial charge in [0.2, 0.25) is 12.2 Å². The highest BCUT2D eigenvalue weighted by atomic mass is 79.9. The molecule has 1 aromatic carbocycles. The molecule has 8 nitrogen and oxygen atoms in total. The summed E-state index contributed by atoms with van der Waals surface area (Å²) in [6, 6.07) is 7.42. The van der Waals surface area contributed by atoms with Gasteiger partial charge in [-0.3, -0.25) is 0 Å². The average molecular weight is 382 g/mol. The highest BCUT2D eigenvalue weighted by Crippen LogP contribution is 2.35. The Kier molecular flexibility index (Phi) is 3.94. The van der Waals surface area contributed by atoms with E-state index >= 15 is 0 Å². The molecule has 0 fully saturated rings. The SMILES string of the molecule is Cn1cnc([N+](=O)[O-])c1Sc1nnc(-c2ccccc2Br)o1. The first-order chi connectivity index (χ1) is 10.6. The summed E-state index contributed by atoms with van der Waals surface area (Å²) in [5, 5.41) is 19.3. The molecule has 0 radical (unpaired) electrons. The summed E-state index contributed by atoms with van der Waals surface area (Å²) in [4.78, 5) is 14.1. The molecular formula is C12H8BrN5O3S. The Morgan fingerprint density at radius 1 is 1.36 bits per heavy atom. The maximum absolute atomic E-state index is 10.9. The van der Waals surface area contributed by atoms with Crippen LogP contribution in [0.2, 0.25) is 0 Å². The van der Waals surface area contributed by atoms with Crippen LogP contribution in [0.25, 0.3) is 11.5 Å². The van der Waals surface area contributed by atoms with Crippen LogP contribution in [0.4, 0.5) is 5.82 Å². The van der Waals surface area contributed by atoms with E-state index in [0.717, 1.165) is 21.8 Å². The Bertz CT molecular complexity index is 847. The van der Waals surface area contributed by atoms with E-state index in [4.69, 9.17) is 4.42 Å². The van der Waals surface area contributed by atoms with Gasteiger partial charge in [-0.1, -0.05) is 12.1 Å². The van der Waals surface area contributed by atoms with Crippen LogP contribution in [-0.2, 0) is 7.05 Å². The van der Waals surface area contributed by atoms with Crippen molar-refractivity contribution in [3.63, 3.8) is 0 Å². The van der Waals surface area contributed by atoms with Crippen LogP contribution in [0.5, 0.6) is 0 Å². The van der Waals surface area contributed by atoms with Gasteiger partial charge in [0.1, 0.15) is 0 Å². The normalized spacial score (nSPS) is 10.8. The smallest absolute Gasteiger partial charge is 0.396 e. The fourth-order valence-corrected chi connectivity index (χ4v) is 2.96. The summed E-state index contributed by atoms with van der Waals surface area (Å²) < 4.78 is 7.91. The van der Waals surface area contributed by atoms with Crippen LogP contribution in [0.15, 0.2) is 49.7 Å². The minimum Gasteiger partial charge on any atom is -0.411 e. The molecule has 112 valence electrons. The van der Waals surface area contributed by atoms with Crippen molar-refractivity contribution in [2.24, 2.45) is 7.05 Å². The molecule has 0 amide bonds. The lowest BCUT2D eigenvalue weighted by Gasteiger charge is -1.98. The van der Waals surface area contributed by atoms with E-state index in [1.54, 1.807) is 7.05 Å². The van der Waals surface area contributed by atoms with Gasteiger partial charge in [-0.2, -0.15) is 0 Å². The van der Waals surface area contributed by atoms with Gasteiger partial charge < -0.3 is 19.1 Å². The van der Waals surface area contributed by atoms with Crippen molar-refractivity contribution in [1.82, 2.24) is 19.7 Å². The zero-order chi connectivity index (χ0) is 15.7. The van der Waals surface area contributed by atoms with Crippen LogP contribution in [0.3, 0.4) is 0 Å². The van der Waals surface area contributed by atoms with Crippen molar-refractivity contribution >= 4 is 33.5 Å². The van der Waals surface area contributed by atoms with Crippen molar-refractivity contribution < 1.29 is 9.34 Å². The Hall–Kier alpha value is -2.20. The van der Waals surface area contributed by atoms with Gasteiger partial charge in [0, 0.05) is 11.5 Å². The van der Waals surface area contributed by atoms with Gasteiger partial charge in [0.05, 0.1) is 5.56 Å². The lowest BCUT2D eigenvalue weighted by Crippen LogP contribution is -1.93. The number of imidazole rings is 1. The largest absolute Gasteiger partial charge is 0.411 e. The van der Waals surface area contributed by atoms with E-state index in [0.29, 0.717) is 10.9 Å². The number of nitro groups is 1. The Morgan fingerprint density at radius 2 is 2.14 bits per heavy atom. The summed E-state index contributed by atoms with van der Waals surface area (Å²) in [7, 11) is 1.66. The molecule has 0 saturated heterocycles. The van der Waals surface area contributed by atoms with E-state index in [2.05, 4.69) is 31.1 Å². The maximum atomic E-state index is 10.9. The summed E-state index contributed by atoms with van der Waals surface area (Å²) in [5.41, 5.74) is 0.751. The molecule has 0 atom stereocenters. The van der Waals surface area contributed by atoms with Crippen LogP contribution in [0, 0.1) is 10.1 Å². The molecule has 0 saturated carbocycles. The Balaban J connectivity index is 1.91. The lowest BCUT2D eigenvalue weighted by atomic mass is 10.2. The summed E-state index contributed by atoms with van der Waals surface area (Å²) in [6.45, 7) is 0. The first-order valence-corrected chi connectivity index (χ1v) is 7.59. The number of hydrogen-bond acceptors (Lipinski definition) is 7. The Morgan fingerprint density at radius 3 is 2.86 bits per heavy atom. The molecule has 0 aliphatic heterocycles. The molecule has 22 heavy (non-hydrogen) atoms. The first-order valence-electron chi connectivity index (χ1n) is 5.98. The minimum atomic E-state index is -0.548. The predicted octanol–water partition coefficient (Wildman–Crippen LogP) is 3.29. The van der Waals surface area contributed by atoms with E-state index in [-0.39, 0.29) is 11.0 Å². The number of hydrogen-bond donors (Lipinski definition) is 0. The molecular weight excluding hydrogens is 374 g/mol. The predicted molar refractivity (Wildman–Crippen MR) is 81.4 cm³/mol. The topological polar surface area (TPSA) is 99.9 Å². The molecule has 2 heterocycles. The molecule has 0 N–H and O–H groups in total. The third-order valence-electron chi connectivity index (χ3n) is 2.73. The summed E-state index contributed by atoms with van der Waals surface area (Å²) in [6.07, 6.45) is 1.37. The fraction of sp³-hybridized carbons (Fsp3) is 0.0833. The van der Waals surface area contributed by atoms with Crippen LogP contribution in [0.1, 0.15) is 0 Å². The van der Waals surface area contributed by atoms with Gasteiger partial charge in [-0.25, -0.2) is 0 Å². The van der Waals surface area contributed by atoms with Crippen molar-refractivity contribution in [3.05, 3.63) is 45.2 Å². The zero-order valence-electron chi connectivity index (χ0n) is 11.1. The monoisotopic (exact) mass is 381 g/mol. The van der Waals surface area contributed by atoms with Crippen molar-refractivity contribution in [2.45, 2.75) is 10.2 Å². The zero-order valence-corrected chi connectivity index (χ0v) is 13.5. The first kappa shape index (κ1) is 14.7. The molecule has 0 aliphatic carbocycles. The van der Waals surface area contributed by atoms with E-state index in [1.165, 1.54) is 10.9 Å². The van der Waals surface area contributed by atoms with E-state index in [9.17, 15) is 10.1 Å². The number of halogens is 1. The highest BCUT2D eigenvalue weighted by molar-refractivity contribution is 9.10. The molecule has 0 aliphatic rings. The van der Waals surface area contributed by atoms with Crippen LogP contribution >= 0.6 is 27.7 Å². The molecule has 10 heteroatoms. The average Bonchev–Trinajstić information content (AvgIpc) is 3.08. The number of benzene rings is 1. The van der Waals surface area contributed by atoms with Gasteiger partial charge in [0.25, 0.3) is 5.22 Å². The van der Waals surface area contributed by atoms with Crippen molar-refractivity contribution in [3.8, 4) is 11.5 Å². The molecule has 3 aromatic rings. The van der Waals surface area contributed by atoms with E-state index < -0.39 is 4.92 Å². The lowest BCUT2D eigenvalue weighted by molar-refractivity contribution is -0.392. The van der Waals surface area contributed by atoms with Crippen molar-refractivity contribution in [1.29, 1.82) is 0 Å². The number of aromatic nitrogens is 4. The number of aryl methyl sites for hydroxylation is 1. The Labute approximate surface area is 136 Å². The van der Waals surface area contributed by atoms with Gasteiger partial charge in [-0.15, -0.1) is 10.2 Å². The standard InChI is InChI=1S/C12H8BrN5O3S/c1-17-6-14-9(18(19)20)11(17)22-12-16-15-10(21-12)7-4-2-3-5-8(7)13/h2-6H,1H3. The van der Waals surface area contributed by atoms with Gasteiger partial charge in [-0.05, 0) is 49.7 Å². The second-order valence-electron chi connectivity index (χ2n) is 4.20. The van der Waals surface area contributed by atoms with Crippen LogP contribution < -0.4 is 0 Å². The highest BCUT2D eigenvalue weighted by Gasteiger charge is 2.23. The summed E-state index contributed by atoms with van der Waals surface area (Å²) >= 11 is 4.41. The third-order valence-corrected chi connectivity index (χ3v) is 4.43. The van der Waals surface area contributed by atoms with Crippen molar-refractivity contribution in [2.75, 3.05) is 0 Å². The van der Waals surface area contributed by atoms with Gasteiger partial charge >= 0.3 is 5.82 Å². The van der Waals surface area contributed by atoms with Gasteiger partial charge in [0.15, 0.2) is 5.03 Å². The second kappa shape index (κ2) is 5.89. The quantitative estimate of drug-likeness (QED) is 0.504. The number of nitrogens with zero attached hydrogens (tertiary/aromatic N) is 5. The number of rotatable bonds is 4. The molecule has 3 rings (SSSR count). The summed E-state index contributed by atoms with van der Waals surface area (Å²) in [5.74, 6) is 0.0907. The molecule has 2 aromatic heterocycles.